The van der Waals surface area contributed by atoms with Gasteiger partial charge < -0.3 is 10.4 Å². The molecule has 2 aromatic heterocycles. The van der Waals surface area contributed by atoms with Crippen LogP contribution in [-0.2, 0) is 20.9 Å². The number of aliphatic hydroxyl groups excluding tert-OH is 1. The number of thiophene rings is 1. The Morgan fingerprint density at radius 3 is 2.82 bits per heavy atom. The smallest absolute Gasteiger partial charge is 0.333 e. The Kier molecular flexibility index (Phi) is 9.28. The van der Waals surface area contributed by atoms with E-state index in [2.05, 4.69) is 35.4 Å². The van der Waals surface area contributed by atoms with Gasteiger partial charge in [0.05, 0.1) is 23.2 Å². The number of carbonyl (C=O) groups excluding carboxylic acids is 1. The van der Waals surface area contributed by atoms with Crippen molar-refractivity contribution in [2.24, 2.45) is 11.1 Å². The van der Waals surface area contributed by atoms with Crippen molar-refractivity contribution in [3.63, 3.8) is 0 Å². The average Bonchev–Trinajstić information content (AvgIpc) is 3.25. The van der Waals surface area contributed by atoms with Crippen LogP contribution in [0.25, 0.3) is 0 Å². The molecule has 9 nitrogen and oxygen atoms in total. The molecule has 3 rings (SSSR count). The highest BCUT2D eigenvalue weighted by Gasteiger charge is 2.22. The summed E-state index contributed by atoms with van der Waals surface area (Å²) in [6.45, 7) is 1.58. The highest BCUT2D eigenvalue weighted by molar-refractivity contribution is 9.10. The molecular weight excluding hydrogens is 544 g/mol. The Labute approximate surface area is 210 Å². The molecular formula is C22H25BrN4O5S2. The summed E-state index contributed by atoms with van der Waals surface area (Å²) in [5.41, 5.74) is 2.43. The van der Waals surface area contributed by atoms with Gasteiger partial charge in [0.15, 0.2) is 0 Å². The molecule has 2 atom stereocenters. The summed E-state index contributed by atoms with van der Waals surface area (Å²) < 4.78 is 27.7. The van der Waals surface area contributed by atoms with Crippen LogP contribution < -0.4 is 10.5 Å². The molecule has 0 saturated heterocycles. The predicted octanol–water partition coefficient (Wildman–Crippen LogP) is 3.14. The molecule has 0 spiro atoms. The van der Waals surface area contributed by atoms with E-state index in [1.807, 2.05) is 35.7 Å². The third-order valence-electron chi connectivity index (χ3n) is 5.13. The summed E-state index contributed by atoms with van der Waals surface area (Å²) in [5, 5.41) is 20.2. The van der Waals surface area contributed by atoms with Crippen molar-refractivity contribution in [2.45, 2.75) is 25.9 Å². The second-order valence-corrected chi connectivity index (χ2v) is 10.7. The maximum atomic E-state index is 13.2. The maximum Gasteiger partial charge on any atom is 0.333 e. The standard InChI is InChI=1S/C22H25BrN4O5S2/c1-2-16(11-32-34(24,30)31)19(28)10-26-22-18(9-25-13-27-22)21(29)20-8-15(12-33-20)6-14-4-3-5-17(23)7-14/h3-5,7-9,12-13,16,19,28H,2,6,10-11H2,1H3,(H2,24,30,31)(H,25,26,27)/t16-,19+/m1/s1. The quantitative estimate of drug-likeness (QED) is 0.282. The van der Waals surface area contributed by atoms with Crippen molar-refractivity contribution in [2.75, 3.05) is 18.5 Å². The number of nitrogens with one attached hydrogen (secondary N) is 1. The summed E-state index contributed by atoms with van der Waals surface area (Å²) in [4.78, 5) is 21.8. The predicted molar refractivity (Wildman–Crippen MR) is 134 cm³/mol. The van der Waals surface area contributed by atoms with Gasteiger partial charge in [-0.15, -0.1) is 11.3 Å². The third-order valence-corrected chi connectivity index (χ3v) is 7.06. The number of nitrogens with zero attached hydrogens (tertiary/aromatic N) is 2. The van der Waals surface area contributed by atoms with Crippen molar-refractivity contribution in [1.82, 2.24) is 9.97 Å². The van der Waals surface area contributed by atoms with Gasteiger partial charge in [0, 0.05) is 23.1 Å². The highest BCUT2D eigenvalue weighted by atomic mass is 79.9. The molecule has 1 aromatic carbocycles. The number of anilines is 1. The zero-order chi connectivity index (χ0) is 24.7. The van der Waals surface area contributed by atoms with Crippen LogP contribution in [-0.4, -0.2) is 48.5 Å². The molecule has 0 saturated carbocycles. The second kappa shape index (κ2) is 12.0. The van der Waals surface area contributed by atoms with Crippen LogP contribution in [0.15, 0.2) is 52.7 Å². The molecule has 3 aromatic rings. The first-order valence-electron chi connectivity index (χ1n) is 10.4. The summed E-state index contributed by atoms with van der Waals surface area (Å²) in [7, 11) is -4.10. The van der Waals surface area contributed by atoms with Gasteiger partial charge in [0.2, 0.25) is 5.78 Å². The Morgan fingerprint density at radius 2 is 2.12 bits per heavy atom. The van der Waals surface area contributed by atoms with Gasteiger partial charge in [-0.3, -0.25) is 8.98 Å². The molecule has 0 aliphatic heterocycles. The summed E-state index contributed by atoms with van der Waals surface area (Å²) in [6.07, 6.45) is 2.94. The highest BCUT2D eigenvalue weighted by Crippen LogP contribution is 2.24. The number of hydrogen-bond acceptors (Lipinski definition) is 9. The normalized spacial score (nSPS) is 13.4. The lowest BCUT2D eigenvalue weighted by molar-refractivity contribution is 0.0839. The number of aliphatic hydroxyl groups is 1. The maximum absolute atomic E-state index is 13.2. The van der Waals surface area contributed by atoms with Crippen molar-refractivity contribution in [3.05, 3.63) is 74.3 Å². The molecule has 34 heavy (non-hydrogen) atoms. The topological polar surface area (TPSA) is 144 Å². The first-order valence-corrected chi connectivity index (χ1v) is 13.6. The van der Waals surface area contributed by atoms with E-state index in [1.165, 1.54) is 23.9 Å². The van der Waals surface area contributed by atoms with E-state index in [9.17, 15) is 18.3 Å². The third kappa shape index (κ3) is 7.65. The van der Waals surface area contributed by atoms with Gasteiger partial charge in [-0.1, -0.05) is 35.0 Å². The lowest BCUT2D eigenvalue weighted by Gasteiger charge is -2.21. The fraction of sp³-hybridized carbons (Fsp3) is 0.318. The van der Waals surface area contributed by atoms with Crippen LogP contribution in [0.4, 0.5) is 5.82 Å². The zero-order valence-corrected chi connectivity index (χ0v) is 21.6. The first-order chi connectivity index (χ1) is 16.2. The molecule has 0 unspecified atom stereocenters. The molecule has 0 aliphatic rings. The van der Waals surface area contributed by atoms with Gasteiger partial charge in [-0.25, -0.2) is 15.1 Å². The fourth-order valence-electron chi connectivity index (χ4n) is 3.29. The Hall–Kier alpha value is -2.22. The first kappa shape index (κ1) is 26.4. The minimum absolute atomic E-state index is 0.0301. The van der Waals surface area contributed by atoms with E-state index in [0.29, 0.717) is 17.7 Å². The number of carbonyl (C=O) groups is 1. The van der Waals surface area contributed by atoms with Crippen LogP contribution >= 0.6 is 27.3 Å². The number of hydrogen-bond donors (Lipinski definition) is 3. The van der Waals surface area contributed by atoms with Crippen LogP contribution in [0, 0.1) is 5.92 Å². The zero-order valence-electron chi connectivity index (χ0n) is 18.3. The Balaban J connectivity index is 1.67. The van der Waals surface area contributed by atoms with Crippen LogP contribution in [0.1, 0.15) is 39.7 Å². The molecule has 2 heterocycles. The van der Waals surface area contributed by atoms with E-state index in [0.717, 1.165) is 15.6 Å². The largest absolute Gasteiger partial charge is 0.391 e. The van der Waals surface area contributed by atoms with Crippen LogP contribution in [0.2, 0.25) is 0 Å². The minimum Gasteiger partial charge on any atom is -0.391 e. The van der Waals surface area contributed by atoms with E-state index in [4.69, 9.17) is 5.14 Å². The number of halogens is 1. The molecule has 0 bridgehead atoms. The summed E-state index contributed by atoms with van der Waals surface area (Å²) >= 11 is 4.82. The van der Waals surface area contributed by atoms with Crippen molar-refractivity contribution in [3.8, 4) is 0 Å². The molecule has 0 fully saturated rings. The van der Waals surface area contributed by atoms with E-state index in [-0.39, 0.29) is 30.3 Å². The van der Waals surface area contributed by atoms with Crippen LogP contribution in [0.3, 0.4) is 0 Å². The lowest BCUT2D eigenvalue weighted by Crippen LogP contribution is -2.33. The number of benzene rings is 1. The van der Waals surface area contributed by atoms with Gasteiger partial charge in [0.25, 0.3) is 0 Å². The fourth-order valence-corrected chi connectivity index (χ4v) is 4.97. The van der Waals surface area contributed by atoms with Gasteiger partial charge in [0.1, 0.15) is 12.1 Å². The molecule has 0 aliphatic carbocycles. The number of nitrogens with two attached hydrogens (primary N) is 1. The molecule has 4 N–H and O–H groups in total. The van der Waals surface area contributed by atoms with Gasteiger partial charge in [-0.2, -0.15) is 8.42 Å². The van der Waals surface area contributed by atoms with Gasteiger partial charge in [-0.05, 0) is 47.5 Å². The summed E-state index contributed by atoms with van der Waals surface area (Å²) in [5.74, 6) is -0.430. The SMILES string of the molecule is CC[C@H](COS(N)(=O)=O)[C@@H](O)CNc1ncncc1C(=O)c1cc(Cc2cccc(Br)c2)cs1. The lowest BCUT2D eigenvalue weighted by atomic mass is 10.0. The second-order valence-electron chi connectivity index (χ2n) is 7.63. The van der Waals surface area contributed by atoms with Crippen LogP contribution in [0.5, 0.6) is 0 Å². The molecule has 12 heteroatoms. The van der Waals surface area contributed by atoms with Crippen molar-refractivity contribution in [1.29, 1.82) is 0 Å². The number of ketones is 1. The van der Waals surface area contributed by atoms with E-state index >= 15 is 0 Å². The molecule has 0 amide bonds. The minimum atomic E-state index is -4.10. The number of aromatic nitrogens is 2. The molecule has 182 valence electrons. The van der Waals surface area contributed by atoms with Crippen molar-refractivity contribution < 1.29 is 22.5 Å². The van der Waals surface area contributed by atoms with Crippen molar-refractivity contribution >= 4 is 49.2 Å². The Bertz CT molecular complexity index is 1240. The van der Waals surface area contributed by atoms with E-state index < -0.39 is 22.3 Å². The monoisotopic (exact) mass is 568 g/mol. The molecule has 0 radical (unpaired) electrons. The van der Waals surface area contributed by atoms with E-state index in [1.54, 1.807) is 6.92 Å². The Morgan fingerprint density at radius 1 is 1.32 bits per heavy atom. The summed E-state index contributed by atoms with van der Waals surface area (Å²) in [6, 6.07) is 9.85. The number of rotatable bonds is 12. The van der Waals surface area contributed by atoms with Gasteiger partial charge >= 0.3 is 10.3 Å². The average molecular weight is 570 g/mol.